The van der Waals surface area contributed by atoms with Crippen LogP contribution in [-0.4, -0.2) is 23.3 Å². The van der Waals surface area contributed by atoms with E-state index < -0.39 is 5.79 Å². The van der Waals surface area contributed by atoms with E-state index in [0.717, 1.165) is 32.1 Å². The summed E-state index contributed by atoms with van der Waals surface area (Å²) in [6.45, 7) is 28.4. The lowest BCUT2D eigenvalue weighted by atomic mass is 9.40. The van der Waals surface area contributed by atoms with Crippen LogP contribution < -0.4 is 0 Å². The molecule has 3 saturated carbocycles. The van der Waals surface area contributed by atoms with Crippen LogP contribution in [0, 0.1) is 57.2 Å². The number of carbonyl (C=O) groups excluding carboxylic acids is 1. The van der Waals surface area contributed by atoms with Crippen molar-refractivity contribution >= 4 is 5.78 Å². The lowest BCUT2D eigenvalue weighted by Crippen LogP contribution is -2.60. The van der Waals surface area contributed by atoms with Crippen molar-refractivity contribution < 1.29 is 14.3 Å². The second-order valence-corrected chi connectivity index (χ2v) is 17.3. The molecule has 3 heteroatoms. The molecule has 0 N–H and O–H groups in total. The summed E-state index contributed by atoms with van der Waals surface area (Å²) in [5, 5.41) is 0. The largest absolute Gasteiger partial charge is 0.344 e. The zero-order valence-electron chi connectivity index (χ0n) is 26.8. The topological polar surface area (TPSA) is 35.5 Å². The Labute approximate surface area is 234 Å². The molecule has 1 heterocycles. The number of rotatable bonds is 3. The van der Waals surface area contributed by atoms with Crippen molar-refractivity contribution in [3.05, 3.63) is 11.6 Å². The third-order valence-corrected chi connectivity index (χ3v) is 13.1. The van der Waals surface area contributed by atoms with Gasteiger partial charge in [0.2, 0.25) is 0 Å². The molecule has 1 saturated heterocycles. The summed E-state index contributed by atoms with van der Waals surface area (Å²) in [6.07, 6.45) is 10.2. The van der Waals surface area contributed by atoms with Crippen LogP contribution in [0.3, 0.4) is 0 Å². The molecule has 1 unspecified atom stereocenters. The molecule has 1 aliphatic heterocycles. The fourth-order valence-corrected chi connectivity index (χ4v) is 11.1. The zero-order valence-corrected chi connectivity index (χ0v) is 26.8. The predicted octanol–water partition coefficient (Wildman–Crippen LogP) is 9.00. The number of allylic oxidation sites excluding steroid dienone is 2. The minimum absolute atomic E-state index is 0.0263. The number of hydrogen-bond acceptors (Lipinski definition) is 3. The van der Waals surface area contributed by atoms with Gasteiger partial charge in [0.15, 0.2) is 11.6 Å². The maximum atomic E-state index is 13.9. The Morgan fingerprint density at radius 1 is 0.947 bits per heavy atom. The van der Waals surface area contributed by atoms with E-state index >= 15 is 0 Å². The number of fused-ring (bicyclic) bond motifs is 5. The first-order chi connectivity index (χ1) is 17.3. The number of carbonyl (C=O) groups is 1. The summed E-state index contributed by atoms with van der Waals surface area (Å²) < 4.78 is 13.7. The number of ketones is 1. The second-order valence-electron chi connectivity index (χ2n) is 17.3. The van der Waals surface area contributed by atoms with E-state index in [0.29, 0.717) is 35.4 Å². The van der Waals surface area contributed by atoms with Crippen molar-refractivity contribution in [3.63, 3.8) is 0 Å². The van der Waals surface area contributed by atoms with Gasteiger partial charge < -0.3 is 9.47 Å². The van der Waals surface area contributed by atoms with Crippen molar-refractivity contribution in [2.24, 2.45) is 57.2 Å². The molecule has 0 spiro atoms. The lowest BCUT2D eigenvalue weighted by molar-refractivity contribution is -0.185. The van der Waals surface area contributed by atoms with Gasteiger partial charge in [0, 0.05) is 5.92 Å². The van der Waals surface area contributed by atoms with E-state index in [1.54, 1.807) is 0 Å². The molecular weight excluding hydrogens is 468 g/mol. The highest BCUT2D eigenvalue weighted by atomic mass is 16.8. The first-order valence-electron chi connectivity index (χ1n) is 15.9. The van der Waals surface area contributed by atoms with Gasteiger partial charge in [-0.05, 0) is 123 Å². The van der Waals surface area contributed by atoms with Crippen LogP contribution in [0.5, 0.6) is 0 Å². The summed E-state index contributed by atoms with van der Waals surface area (Å²) in [4.78, 5) is 13.9. The smallest absolute Gasteiger partial charge is 0.164 e. The average Bonchev–Trinajstić information content (AvgIpc) is 3.17. The third-order valence-electron chi connectivity index (χ3n) is 13.1. The van der Waals surface area contributed by atoms with Gasteiger partial charge in [0.05, 0.1) is 11.7 Å². The fourth-order valence-electron chi connectivity index (χ4n) is 11.1. The van der Waals surface area contributed by atoms with Gasteiger partial charge >= 0.3 is 0 Å². The highest BCUT2D eigenvalue weighted by Gasteiger charge is 2.70. The molecule has 0 aromatic rings. The minimum Gasteiger partial charge on any atom is -0.344 e. The van der Waals surface area contributed by atoms with Crippen molar-refractivity contribution in [2.45, 2.75) is 146 Å². The van der Waals surface area contributed by atoms with E-state index in [4.69, 9.17) is 9.47 Å². The van der Waals surface area contributed by atoms with Crippen LogP contribution in [0.4, 0.5) is 0 Å². The van der Waals surface area contributed by atoms with Crippen LogP contribution in [0.1, 0.15) is 128 Å². The molecule has 0 aromatic carbocycles. The first-order valence-corrected chi connectivity index (χ1v) is 15.9. The Balaban J connectivity index is 1.54. The Morgan fingerprint density at radius 2 is 1.61 bits per heavy atom. The van der Waals surface area contributed by atoms with E-state index in [2.05, 4.69) is 89.2 Å². The SMILES string of the molecule is C[C@@H]1C[C@]2(C)[C@@H]([C@@]3(C)OC(C)(C)O[C@@H]3CCC(C)(C)C)CC[C@@]2(C)C2=CC(=O)[C@@H]3C[C@@H](C)[C@@H](C)C[C@]3(C)C21. The standard InChI is InChI=1S/C35H58O3/c1-21-17-24-26(36)18-25-29(32(24,9)19-22(21)2)23(3)20-34(11)27(13-16-33(25,34)10)35(12)28(14-15-30(4,5)6)37-31(7,8)38-35/h18,21-24,27-29H,13-17,19-20H2,1-12H3/t21-,22+,23-,24+,27+,28-,29?,32+,33+,34-,35-/m1/s1. The molecule has 216 valence electrons. The lowest BCUT2D eigenvalue weighted by Gasteiger charge is -2.64. The summed E-state index contributed by atoms with van der Waals surface area (Å²) >= 11 is 0. The molecule has 0 amide bonds. The highest BCUT2D eigenvalue weighted by molar-refractivity contribution is 5.94. The van der Waals surface area contributed by atoms with Gasteiger partial charge in [-0.3, -0.25) is 4.79 Å². The summed E-state index contributed by atoms with van der Waals surface area (Å²) in [5.41, 5.74) is 1.63. The van der Waals surface area contributed by atoms with Crippen LogP contribution in [0.25, 0.3) is 0 Å². The number of hydrogen-bond donors (Lipinski definition) is 0. The predicted molar refractivity (Wildman–Crippen MR) is 156 cm³/mol. The van der Waals surface area contributed by atoms with E-state index in [1.807, 2.05) is 0 Å². The van der Waals surface area contributed by atoms with E-state index in [1.165, 1.54) is 18.4 Å². The quantitative estimate of drug-likeness (QED) is 0.368. The molecule has 11 atom stereocenters. The maximum absolute atomic E-state index is 13.9. The Hall–Kier alpha value is -0.670. The molecular formula is C35H58O3. The van der Waals surface area contributed by atoms with Crippen LogP contribution >= 0.6 is 0 Å². The normalized spacial score (nSPS) is 52.3. The molecule has 0 aromatic heterocycles. The minimum atomic E-state index is -0.564. The highest BCUT2D eigenvalue weighted by Crippen LogP contribution is 2.74. The molecule has 3 nitrogen and oxygen atoms in total. The van der Waals surface area contributed by atoms with Crippen molar-refractivity contribution in [1.82, 2.24) is 0 Å². The van der Waals surface area contributed by atoms with Crippen molar-refractivity contribution in [1.29, 1.82) is 0 Å². The fraction of sp³-hybridized carbons (Fsp3) is 0.914. The van der Waals surface area contributed by atoms with Crippen LogP contribution in [-0.2, 0) is 14.3 Å². The average molecular weight is 527 g/mol. The van der Waals surface area contributed by atoms with E-state index in [-0.39, 0.29) is 39.3 Å². The monoisotopic (exact) mass is 526 g/mol. The van der Waals surface area contributed by atoms with Gasteiger partial charge in [-0.2, -0.15) is 0 Å². The third kappa shape index (κ3) is 4.06. The Morgan fingerprint density at radius 3 is 2.24 bits per heavy atom. The summed E-state index contributed by atoms with van der Waals surface area (Å²) in [7, 11) is 0. The molecule has 0 radical (unpaired) electrons. The molecule has 4 aliphatic carbocycles. The molecule has 5 rings (SSSR count). The Kier molecular flexibility index (Phi) is 6.58. The summed E-state index contributed by atoms with van der Waals surface area (Å²) in [5.74, 6) is 2.85. The van der Waals surface area contributed by atoms with E-state index in [9.17, 15) is 4.79 Å². The van der Waals surface area contributed by atoms with Gasteiger partial charge in [-0.1, -0.05) is 67.9 Å². The first kappa shape index (κ1) is 28.8. The molecule has 38 heavy (non-hydrogen) atoms. The second kappa shape index (κ2) is 8.67. The summed E-state index contributed by atoms with van der Waals surface area (Å²) in [6, 6.07) is 0. The zero-order chi connectivity index (χ0) is 28.3. The Bertz CT molecular complexity index is 1000. The molecule has 0 bridgehead atoms. The van der Waals surface area contributed by atoms with Gasteiger partial charge in [0.25, 0.3) is 0 Å². The van der Waals surface area contributed by atoms with Crippen LogP contribution in [0.15, 0.2) is 11.6 Å². The van der Waals surface area contributed by atoms with Gasteiger partial charge in [-0.15, -0.1) is 0 Å². The van der Waals surface area contributed by atoms with Gasteiger partial charge in [0.1, 0.15) is 0 Å². The van der Waals surface area contributed by atoms with Gasteiger partial charge in [-0.25, -0.2) is 0 Å². The van der Waals surface area contributed by atoms with Crippen molar-refractivity contribution in [3.8, 4) is 0 Å². The number of ether oxygens (including phenoxy) is 2. The van der Waals surface area contributed by atoms with Crippen LogP contribution in [0.2, 0.25) is 0 Å². The molecule has 4 fully saturated rings. The van der Waals surface area contributed by atoms with Crippen molar-refractivity contribution in [2.75, 3.05) is 0 Å². The molecule has 5 aliphatic rings. The maximum Gasteiger partial charge on any atom is 0.164 e.